The fraction of sp³-hybridized carbons (Fsp3) is 0.556. The fourth-order valence-corrected chi connectivity index (χ4v) is 2.11. The third-order valence-corrected chi connectivity index (χ3v) is 3.56. The normalized spacial score (nSPS) is 10.9. The maximum absolute atomic E-state index is 12.4. The van der Waals surface area contributed by atoms with E-state index in [1.165, 1.54) is 16.0 Å². The van der Waals surface area contributed by atoms with Crippen LogP contribution in [0, 0.1) is 0 Å². The van der Waals surface area contributed by atoms with E-state index >= 15 is 0 Å². The molecule has 0 radical (unpaired) electrons. The Balaban J connectivity index is 2.57. The molecule has 3 amide bonds. The number of anilines is 1. The summed E-state index contributed by atoms with van der Waals surface area (Å²) in [6.07, 6.45) is 1.19. The number of ether oxygens (including phenoxy) is 1. The van der Waals surface area contributed by atoms with Gasteiger partial charge in [-0.15, -0.1) is 0 Å². The predicted octanol–water partition coefficient (Wildman–Crippen LogP) is 2.57. The van der Waals surface area contributed by atoms with E-state index in [0.717, 1.165) is 0 Å². The molecular weight excluding hydrogens is 352 g/mol. The first-order valence-electron chi connectivity index (χ1n) is 8.66. The summed E-state index contributed by atoms with van der Waals surface area (Å²) in [6.45, 7) is 6.19. The number of amides is 3. The van der Waals surface area contributed by atoms with Crippen LogP contribution in [0.3, 0.4) is 0 Å². The van der Waals surface area contributed by atoms with Crippen LogP contribution in [0.5, 0.6) is 0 Å². The number of nitrogens with one attached hydrogen (secondary N) is 1. The molecule has 1 rings (SSSR count). The van der Waals surface area contributed by atoms with Gasteiger partial charge >= 0.3 is 12.2 Å². The van der Waals surface area contributed by atoms with E-state index in [1.54, 1.807) is 47.0 Å². The van der Waals surface area contributed by atoms with Crippen LogP contribution < -0.4 is 10.2 Å². The summed E-state index contributed by atoms with van der Waals surface area (Å²) in [5.74, 6) is -0.243. The van der Waals surface area contributed by atoms with Gasteiger partial charge in [0.2, 0.25) is 0 Å². The van der Waals surface area contributed by atoms with Gasteiger partial charge in [0.05, 0.1) is 11.9 Å². The average Bonchev–Trinajstić information content (AvgIpc) is 2.58. The number of carboxylic acid groups (broad SMARTS) is 1. The van der Waals surface area contributed by atoms with Gasteiger partial charge in [0.25, 0.3) is 5.91 Å². The lowest BCUT2D eigenvalue weighted by Gasteiger charge is -2.24. The monoisotopic (exact) mass is 380 g/mol. The van der Waals surface area contributed by atoms with Crippen LogP contribution in [-0.2, 0) is 4.74 Å². The minimum atomic E-state index is -1.06. The zero-order valence-electron chi connectivity index (χ0n) is 16.5. The van der Waals surface area contributed by atoms with E-state index in [0.29, 0.717) is 31.6 Å². The van der Waals surface area contributed by atoms with Crippen molar-refractivity contribution in [2.75, 3.05) is 32.1 Å². The van der Waals surface area contributed by atoms with Crippen LogP contribution in [0.4, 0.5) is 15.3 Å². The summed E-state index contributed by atoms with van der Waals surface area (Å²) in [6, 6.07) is 3.19. The third kappa shape index (κ3) is 7.93. The highest BCUT2D eigenvalue weighted by Crippen LogP contribution is 2.16. The van der Waals surface area contributed by atoms with Gasteiger partial charge < -0.3 is 20.1 Å². The molecule has 0 bridgehead atoms. The summed E-state index contributed by atoms with van der Waals surface area (Å²) >= 11 is 0. The fourth-order valence-electron chi connectivity index (χ4n) is 2.11. The molecule has 0 atom stereocenters. The van der Waals surface area contributed by atoms with Gasteiger partial charge in [0.1, 0.15) is 11.3 Å². The molecule has 0 aliphatic heterocycles. The largest absolute Gasteiger partial charge is 0.465 e. The number of nitrogens with zero attached hydrogens (tertiary/aromatic N) is 3. The SMILES string of the molecule is CN(CCCCNC(=O)O)C(=O)c1ccc(N(C)C(=O)OC(C)(C)C)cn1. The van der Waals surface area contributed by atoms with Crippen LogP contribution in [0.15, 0.2) is 18.3 Å². The Labute approximate surface area is 159 Å². The summed E-state index contributed by atoms with van der Waals surface area (Å²) in [4.78, 5) is 41.8. The molecule has 1 aromatic heterocycles. The van der Waals surface area contributed by atoms with Gasteiger partial charge in [-0.3, -0.25) is 9.69 Å². The van der Waals surface area contributed by atoms with Crippen molar-refractivity contribution in [3.8, 4) is 0 Å². The van der Waals surface area contributed by atoms with Crippen molar-refractivity contribution in [2.45, 2.75) is 39.2 Å². The highest BCUT2D eigenvalue weighted by molar-refractivity contribution is 5.93. The lowest BCUT2D eigenvalue weighted by Crippen LogP contribution is -2.34. The zero-order valence-corrected chi connectivity index (χ0v) is 16.5. The topological polar surface area (TPSA) is 112 Å². The van der Waals surface area contributed by atoms with Crippen LogP contribution in [0.1, 0.15) is 44.1 Å². The number of carbonyl (C=O) groups excluding carboxylic acids is 2. The standard InChI is InChI=1S/C18H28N4O5/c1-18(2,3)27-17(26)22(5)13-8-9-14(20-12-13)15(23)21(4)11-7-6-10-19-16(24)25/h8-9,12,19H,6-7,10-11H2,1-5H3,(H,24,25). The first kappa shape index (κ1) is 22.2. The lowest BCUT2D eigenvalue weighted by atomic mass is 10.2. The molecule has 2 N–H and O–H groups in total. The van der Waals surface area contributed by atoms with Gasteiger partial charge in [-0.1, -0.05) is 0 Å². The molecule has 0 unspecified atom stereocenters. The van der Waals surface area contributed by atoms with Crippen molar-refractivity contribution < 1.29 is 24.2 Å². The Morgan fingerprint density at radius 1 is 1.19 bits per heavy atom. The maximum atomic E-state index is 12.4. The van der Waals surface area contributed by atoms with E-state index in [1.807, 2.05) is 0 Å². The van der Waals surface area contributed by atoms with E-state index in [2.05, 4.69) is 10.3 Å². The number of pyridine rings is 1. The van der Waals surface area contributed by atoms with Gasteiger partial charge in [0, 0.05) is 27.2 Å². The van der Waals surface area contributed by atoms with Crippen LogP contribution in [-0.4, -0.2) is 65.9 Å². The summed E-state index contributed by atoms with van der Waals surface area (Å²) in [5, 5.41) is 10.8. The first-order valence-corrected chi connectivity index (χ1v) is 8.66. The Bertz CT molecular complexity index is 655. The first-order chi connectivity index (χ1) is 12.5. The maximum Gasteiger partial charge on any atom is 0.414 e. The van der Waals surface area contributed by atoms with Crippen molar-refractivity contribution in [3.05, 3.63) is 24.0 Å². The minimum absolute atomic E-state index is 0.243. The Morgan fingerprint density at radius 2 is 1.85 bits per heavy atom. The Morgan fingerprint density at radius 3 is 2.37 bits per heavy atom. The predicted molar refractivity (Wildman–Crippen MR) is 101 cm³/mol. The van der Waals surface area contributed by atoms with E-state index in [4.69, 9.17) is 9.84 Å². The second kappa shape index (κ2) is 9.75. The minimum Gasteiger partial charge on any atom is -0.465 e. The third-order valence-electron chi connectivity index (χ3n) is 3.56. The van der Waals surface area contributed by atoms with E-state index in [9.17, 15) is 14.4 Å². The molecule has 27 heavy (non-hydrogen) atoms. The van der Waals surface area contributed by atoms with Gasteiger partial charge in [-0.2, -0.15) is 0 Å². The molecule has 0 fully saturated rings. The molecule has 150 valence electrons. The van der Waals surface area contributed by atoms with Gasteiger partial charge in [-0.25, -0.2) is 14.6 Å². The van der Waals surface area contributed by atoms with E-state index < -0.39 is 17.8 Å². The molecule has 0 saturated carbocycles. The highest BCUT2D eigenvalue weighted by atomic mass is 16.6. The molecule has 1 aromatic rings. The zero-order chi connectivity index (χ0) is 20.6. The number of hydrogen-bond acceptors (Lipinski definition) is 5. The number of aromatic nitrogens is 1. The number of hydrogen-bond donors (Lipinski definition) is 2. The van der Waals surface area contributed by atoms with Crippen LogP contribution in [0.25, 0.3) is 0 Å². The summed E-state index contributed by atoms with van der Waals surface area (Å²) in [7, 11) is 3.24. The molecule has 0 saturated heterocycles. The number of rotatable bonds is 7. The second-order valence-corrected chi connectivity index (χ2v) is 7.11. The van der Waals surface area contributed by atoms with E-state index in [-0.39, 0.29) is 11.6 Å². The molecule has 0 spiro atoms. The van der Waals surface area contributed by atoms with Crippen molar-refractivity contribution in [1.29, 1.82) is 0 Å². The van der Waals surface area contributed by atoms with Crippen molar-refractivity contribution >= 4 is 23.8 Å². The van der Waals surface area contributed by atoms with Crippen molar-refractivity contribution in [3.63, 3.8) is 0 Å². The van der Waals surface area contributed by atoms with Crippen LogP contribution in [0.2, 0.25) is 0 Å². The summed E-state index contributed by atoms with van der Waals surface area (Å²) < 4.78 is 5.29. The van der Waals surface area contributed by atoms with Gasteiger partial charge in [0.15, 0.2) is 0 Å². The van der Waals surface area contributed by atoms with Gasteiger partial charge in [-0.05, 0) is 45.7 Å². The molecule has 1 heterocycles. The average molecular weight is 380 g/mol. The van der Waals surface area contributed by atoms with Crippen molar-refractivity contribution in [2.24, 2.45) is 0 Å². The smallest absolute Gasteiger partial charge is 0.414 e. The summed E-state index contributed by atoms with van der Waals surface area (Å²) in [5.41, 5.74) is 0.183. The molecular formula is C18H28N4O5. The van der Waals surface area contributed by atoms with Crippen LogP contribution >= 0.6 is 0 Å². The number of unbranched alkanes of at least 4 members (excludes halogenated alkanes) is 1. The second-order valence-electron chi connectivity index (χ2n) is 7.11. The van der Waals surface area contributed by atoms with Crippen molar-refractivity contribution in [1.82, 2.24) is 15.2 Å². The molecule has 0 aromatic carbocycles. The highest BCUT2D eigenvalue weighted by Gasteiger charge is 2.21. The molecule has 9 nitrogen and oxygen atoms in total. The molecule has 0 aliphatic carbocycles. The lowest BCUT2D eigenvalue weighted by molar-refractivity contribution is 0.0589. The Kier molecular flexibility index (Phi) is 8.01. The Hall–Kier alpha value is -2.84. The quantitative estimate of drug-likeness (QED) is 0.703. The number of carbonyl (C=O) groups is 3. The molecule has 9 heteroatoms. The molecule has 0 aliphatic rings.